The molecule has 1 aromatic rings. The van der Waals surface area contributed by atoms with Gasteiger partial charge in [0.05, 0.1) is 0 Å². The molecule has 0 aliphatic carbocycles. The van der Waals surface area contributed by atoms with Crippen LogP contribution in [0.15, 0.2) is 18.2 Å². The molecular weight excluding hydrogens is 220 g/mol. The summed E-state index contributed by atoms with van der Waals surface area (Å²) < 4.78 is 0. The Kier molecular flexibility index (Phi) is 4.28. The molecule has 18 heavy (non-hydrogen) atoms. The Morgan fingerprint density at radius 2 is 2.11 bits per heavy atom. The Balaban J connectivity index is 2.22. The molecule has 2 unspecified atom stereocenters. The standard InChI is InChI=1S/C16H26N2/c1-12-5-4-10-18(14(12)3)16-7-6-15(8-9-17)11-13(16)2/h6-7,11-12,14H,4-5,8-10,17H2,1-3H3. The maximum Gasteiger partial charge on any atom is 0.0398 e. The first-order chi connectivity index (χ1) is 8.63. The molecule has 2 atom stereocenters. The van der Waals surface area contributed by atoms with E-state index in [1.165, 1.54) is 36.2 Å². The first kappa shape index (κ1) is 13.4. The molecule has 1 aromatic carbocycles. The molecule has 100 valence electrons. The number of nitrogens with two attached hydrogens (primary N) is 1. The number of aryl methyl sites for hydroxylation is 1. The predicted octanol–water partition coefficient (Wildman–Crippen LogP) is 3.12. The number of rotatable bonds is 3. The maximum atomic E-state index is 5.62. The van der Waals surface area contributed by atoms with Gasteiger partial charge in [-0.2, -0.15) is 0 Å². The number of piperidine rings is 1. The van der Waals surface area contributed by atoms with Crippen molar-refractivity contribution in [3.8, 4) is 0 Å². The van der Waals surface area contributed by atoms with Crippen molar-refractivity contribution in [1.29, 1.82) is 0 Å². The summed E-state index contributed by atoms with van der Waals surface area (Å²) in [5, 5.41) is 0. The summed E-state index contributed by atoms with van der Waals surface area (Å²) >= 11 is 0. The van der Waals surface area contributed by atoms with Crippen molar-refractivity contribution in [3.05, 3.63) is 29.3 Å². The van der Waals surface area contributed by atoms with Crippen LogP contribution in [0.1, 0.15) is 37.8 Å². The highest BCUT2D eigenvalue weighted by molar-refractivity contribution is 5.55. The van der Waals surface area contributed by atoms with Crippen LogP contribution in [0.4, 0.5) is 5.69 Å². The zero-order valence-corrected chi connectivity index (χ0v) is 11.9. The van der Waals surface area contributed by atoms with Crippen LogP contribution >= 0.6 is 0 Å². The Bertz CT molecular complexity index is 400. The van der Waals surface area contributed by atoms with E-state index in [1.807, 2.05) is 0 Å². The van der Waals surface area contributed by atoms with E-state index >= 15 is 0 Å². The molecule has 0 radical (unpaired) electrons. The fourth-order valence-corrected chi connectivity index (χ4v) is 3.04. The lowest BCUT2D eigenvalue weighted by atomic mass is 9.91. The van der Waals surface area contributed by atoms with Crippen molar-refractivity contribution in [2.45, 2.75) is 46.1 Å². The summed E-state index contributed by atoms with van der Waals surface area (Å²) in [5.41, 5.74) is 9.78. The van der Waals surface area contributed by atoms with Gasteiger partial charge in [-0.1, -0.05) is 19.1 Å². The zero-order valence-electron chi connectivity index (χ0n) is 11.9. The molecule has 2 heteroatoms. The van der Waals surface area contributed by atoms with Gasteiger partial charge in [0, 0.05) is 18.3 Å². The third-order valence-corrected chi connectivity index (χ3v) is 4.38. The normalized spacial score (nSPS) is 24.3. The van der Waals surface area contributed by atoms with E-state index in [0.717, 1.165) is 18.9 Å². The van der Waals surface area contributed by atoms with Gasteiger partial charge in [0.25, 0.3) is 0 Å². The molecule has 2 nitrogen and oxygen atoms in total. The van der Waals surface area contributed by atoms with Crippen LogP contribution in [0, 0.1) is 12.8 Å². The van der Waals surface area contributed by atoms with Crippen LogP contribution < -0.4 is 10.6 Å². The third-order valence-electron chi connectivity index (χ3n) is 4.38. The number of hydrogen-bond acceptors (Lipinski definition) is 2. The first-order valence-electron chi connectivity index (χ1n) is 7.19. The van der Waals surface area contributed by atoms with Gasteiger partial charge in [0.2, 0.25) is 0 Å². The molecule has 2 rings (SSSR count). The van der Waals surface area contributed by atoms with Gasteiger partial charge in [-0.05, 0) is 62.8 Å². The zero-order chi connectivity index (χ0) is 13.1. The van der Waals surface area contributed by atoms with Crippen molar-refractivity contribution in [1.82, 2.24) is 0 Å². The number of benzene rings is 1. The summed E-state index contributed by atoms with van der Waals surface area (Å²) in [5.74, 6) is 0.793. The minimum Gasteiger partial charge on any atom is -0.368 e. The lowest BCUT2D eigenvalue weighted by Crippen LogP contribution is -2.42. The van der Waals surface area contributed by atoms with Gasteiger partial charge in [0.15, 0.2) is 0 Å². The quantitative estimate of drug-likeness (QED) is 0.888. The molecule has 1 aliphatic heterocycles. The van der Waals surface area contributed by atoms with Crippen LogP contribution in [0.25, 0.3) is 0 Å². The number of nitrogens with zero attached hydrogens (tertiary/aromatic N) is 1. The van der Waals surface area contributed by atoms with Crippen LogP contribution in [0.5, 0.6) is 0 Å². The average Bonchev–Trinajstić information content (AvgIpc) is 2.34. The first-order valence-corrected chi connectivity index (χ1v) is 7.19. The van der Waals surface area contributed by atoms with Crippen LogP contribution in [0.2, 0.25) is 0 Å². The fourth-order valence-electron chi connectivity index (χ4n) is 3.04. The SMILES string of the molecule is Cc1cc(CCN)ccc1N1CCCC(C)C1C. The Morgan fingerprint density at radius 3 is 2.78 bits per heavy atom. The fraction of sp³-hybridized carbons (Fsp3) is 0.625. The highest BCUT2D eigenvalue weighted by Crippen LogP contribution is 2.31. The molecule has 2 N–H and O–H groups in total. The summed E-state index contributed by atoms with van der Waals surface area (Å²) in [6.07, 6.45) is 3.66. The second-order valence-corrected chi connectivity index (χ2v) is 5.71. The number of anilines is 1. The second-order valence-electron chi connectivity index (χ2n) is 5.71. The molecule has 1 fully saturated rings. The average molecular weight is 246 g/mol. The van der Waals surface area contributed by atoms with Crippen molar-refractivity contribution in [2.24, 2.45) is 11.7 Å². The molecule has 0 spiro atoms. The van der Waals surface area contributed by atoms with Crippen molar-refractivity contribution in [2.75, 3.05) is 18.0 Å². The van der Waals surface area contributed by atoms with E-state index in [9.17, 15) is 0 Å². The topological polar surface area (TPSA) is 29.3 Å². The van der Waals surface area contributed by atoms with Gasteiger partial charge < -0.3 is 10.6 Å². The molecule has 0 aromatic heterocycles. The summed E-state index contributed by atoms with van der Waals surface area (Å²) in [7, 11) is 0. The van der Waals surface area contributed by atoms with E-state index in [4.69, 9.17) is 5.73 Å². The summed E-state index contributed by atoms with van der Waals surface area (Å²) in [6.45, 7) is 8.88. The van der Waals surface area contributed by atoms with E-state index in [-0.39, 0.29) is 0 Å². The minimum absolute atomic E-state index is 0.651. The van der Waals surface area contributed by atoms with Crippen molar-refractivity contribution >= 4 is 5.69 Å². The van der Waals surface area contributed by atoms with Crippen molar-refractivity contribution < 1.29 is 0 Å². The Labute approximate surface area is 111 Å². The minimum atomic E-state index is 0.651. The van der Waals surface area contributed by atoms with Gasteiger partial charge in [-0.3, -0.25) is 0 Å². The van der Waals surface area contributed by atoms with E-state index in [1.54, 1.807) is 0 Å². The molecular formula is C16H26N2. The lowest BCUT2D eigenvalue weighted by molar-refractivity contribution is 0.363. The Morgan fingerprint density at radius 1 is 1.33 bits per heavy atom. The van der Waals surface area contributed by atoms with Gasteiger partial charge in [-0.15, -0.1) is 0 Å². The van der Waals surface area contributed by atoms with Gasteiger partial charge >= 0.3 is 0 Å². The monoisotopic (exact) mass is 246 g/mol. The molecule has 0 amide bonds. The highest BCUT2D eigenvalue weighted by atomic mass is 15.2. The Hall–Kier alpha value is -1.02. The lowest BCUT2D eigenvalue weighted by Gasteiger charge is -2.40. The third kappa shape index (κ3) is 2.69. The molecule has 0 saturated carbocycles. The summed E-state index contributed by atoms with van der Waals surface area (Å²) in [6, 6.07) is 7.47. The van der Waals surface area contributed by atoms with Gasteiger partial charge in [0.1, 0.15) is 0 Å². The molecule has 1 saturated heterocycles. The molecule has 1 heterocycles. The number of hydrogen-bond donors (Lipinski definition) is 1. The largest absolute Gasteiger partial charge is 0.368 e. The van der Waals surface area contributed by atoms with E-state index < -0.39 is 0 Å². The maximum absolute atomic E-state index is 5.62. The van der Waals surface area contributed by atoms with E-state index in [0.29, 0.717) is 6.04 Å². The molecule has 1 aliphatic rings. The van der Waals surface area contributed by atoms with Gasteiger partial charge in [-0.25, -0.2) is 0 Å². The molecule has 0 bridgehead atoms. The van der Waals surface area contributed by atoms with E-state index in [2.05, 4.69) is 43.9 Å². The van der Waals surface area contributed by atoms with Crippen LogP contribution in [0.3, 0.4) is 0 Å². The predicted molar refractivity (Wildman–Crippen MR) is 79.1 cm³/mol. The van der Waals surface area contributed by atoms with Crippen molar-refractivity contribution in [3.63, 3.8) is 0 Å². The van der Waals surface area contributed by atoms with Crippen LogP contribution in [-0.4, -0.2) is 19.1 Å². The summed E-state index contributed by atoms with van der Waals surface area (Å²) in [4.78, 5) is 2.58. The van der Waals surface area contributed by atoms with Crippen LogP contribution in [-0.2, 0) is 6.42 Å². The second kappa shape index (κ2) is 5.75. The smallest absolute Gasteiger partial charge is 0.0398 e. The highest BCUT2D eigenvalue weighted by Gasteiger charge is 2.25.